The Bertz CT molecular complexity index is 1340. The van der Waals surface area contributed by atoms with Gasteiger partial charge in [0.15, 0.2) is 10.4 Å². The van der Waals surface area contributed by atoms with Crippen LogP contribution >= 0.6 is 32.9 Å². The zero-order valence-electron chi connectivity index (χ0n) is 19.8. The number of carbonyl (C=O) groups is 2. The molecule has 5 nitrogen and oxygen atoms in total. The molecule has 1 aliphatic rings. The van der Waals surface area contributed by atoms with Crippen molar-refractivity contribution in [2.24, 2.45) is 0 Å². The number of carbonyl (C=O) groups excluding carboxylic acids is 2. The van der Waals surface area contributed by atoms with Gasteiger partial charge >= 0.3 is 5.97 Å². The van der Waals surface area contributed by atoms with Crippen molar-refractivity contribution in [3.05, 3.63) is 107 Å². The normalized spacial score (nSPS) is 15.1. The molecule has 0 N–H and O–H groups in total. The minimum atomic E-state index is -0.575. The predicted molar refractivity (Wildman–Crippen MR) is 148 cm³/mol. The molecule has 1 aliphatic heterocycles. The molecular formula is C28H24N2O3S3. The van der Waals surface area contributed by atoms with E-state index in [1.807, 2.05) is 98.8 Å². The molecule has 1 fully saturated rings. The minimum Gasteiger partial charge on any atom is -0.448 e. The number of amides is 1. The molecule has 0 aliphatic carbocycles. The summed E-state index contributed by atoms with van der Waals surface area (Å²) >= 11 is 1.62. The van der Waals surface area contributed by atoms with Crippen LogP contribution in [0.15, 0.2) is 101 Å². The second kappa shape index (κ2) is 10.9. The Kier molecular flexibility index (Phi) is 7.46. The number of hydrogen-bond donors (Lipinski definition) is 0. The maximum absolute atomic E-state index is 13.6. The van der Waals surface area contributed by atoms with Gasteiger partial charge in [-0.05, 0) is 53.5 Å². The molecule has 5 rings (SSSR count). The number of aromatic nitrogens is 1. The SMILES string of the molecule is CC(C)=C(C(=O)OC(c1ccccc1)c1ccccc1)N1C(=O)CC1SSc1nc2ccccc2s1. The molecule has 0 spiro atoms. The number of likely N-dealkylation sites (tertiary alicyclic amines) is 1. The summed E-state index contributed by atoms with van der Waals surface area (Å²) in [7, 11) is 3.09. The van der Waals surface area contributed by atoms with Crippen molar-refractivity contribution in [3.63, 3.8) is 0 Å². The fourth-order valence-corrected chi connectivity index (χ4v) is 7.77. The lowest BCUT2D eigenvalue weighted by Gasteiger charge is -2.40. The van der Waals surface area contributed by atoms with E-state index in [0.29, 0.717) is 12.1 Å². The third kappa shape index (κ3) is 5.21. The smallest absolute Gasteiger partial charge is 0.355 e. The number of ether oxygens (including phenoxy) is 1. The maximum atomic E-state index is 13.6. The number of hydrogen-bond acceptors (Lipinski definition) is 7. The fourth-order valence-electron chi connectivity index (χ4n) is 4.01. The molecule has 36 heavy (non-hydrogen) atoms. The van der Waals surface area contributed by atoms with Gasteiger partial charge in [-0.25, -0.2) is 9.78 Å². The molecular weight excluding hydrogens is 509 g/mol. The van der Waals surface area contributed by atoms with Crippen LogP contribution in [0.25, 0.3) is 10.2 Å². The lowest BCUT2D eigenvalue weighted by atomic mass is 10.0. The molecule has 0 saturated carbocycles. The first-order valence-electron chi connectivity index (χ1n) is 11.5. The first kappa shape index (κ1) is 24.6. The van der Waals surface area contributed by atoms with Crippen molar-refractivity contribution in [1.29, 1.82) is 0 Å². The van der Waals surface area contributed by atoms with E-state index >= 15 is 0 Å². The Hall–Kier alpha value is -3.07. The zero-order valence-corrected chi connectivity index (χ0v) is 22.2. The lowest BCUT2D eigenvalue weighted by Crippen LogP contribution is -2.51. The van der Waals surface area contributed by atoms with Gasteiger partial charge in [-0.3, -0.25) is 9.69 Å². The molecule has 1 amide bonds. The Morgan fingerprint density at radius 2 is 1.58 bits per heavy atom. The van der Waals surface area contributed by atoms with Crippen LogP contribution in [0, 0.1) is 0 Å². The molecule has 2 heterocycles. The summed E-state index contributed by atoms with van der Waals surface area (Å²) in [6.07, 6.45) is -0.207. The zero-order chi connectivity index (χ0) is 25.1. The van der Waals surface area contributed by atoms with Gasteiger partial charge in [-0.15, -0.1) is 11.3 Å². The highest BCUT2D eigenvalue weighted by Gasteiger charge is 2.43. The summed E-state index contributed by atoms with van der Waals surface area (Å²) in [6, 6.07) is 27.3. The molecule has 182 valence electrons. The third-order valence-electron chi connectivity index (χ3n) is 5.75. The van der Waals surface area contributed by atoms with E-state index in [-0.39, 0.29) is 11.3 Å². The highest BCUT2D eigenvalue weighted by Crippen LogP contribution is 2.45. The van der Waals surface area contributed by atoms with Crippen LogP contribution in [0.2, 0.25) is 0 Å². The van der Waals surface area contributed by atoms with Crippen LogP contribution in [0.1, 0.15) is 37.5 Å². The van der Waals surface area contributed by atoms with Gasteiger partial charge < -0.3 is 4.74 Å². The van der Waals surface area contributed by atoms with E-state index in [4.69, 9.17) is 4.74 Å². The van der Waals surface area contributed by atoms with Crippen molar-refractivity contribution < 1.29 is 14.3 Å². The van der Waals surface area contributed by atoms with Crippen molar-refractivity contribution in [2.75, 3.05) is 0 Å². The number of thiazole rings is 1. The monoisotopic (exact) mass is 532 g/mol. The van der Waals surface area contributed by atoms with Gasteiger partial charge in [0.1, 0.15) is 11.1 Å². The van der Waals surface area contributed by atoms with E-state index in [2.05, 4.69) is 4.98 Å². The largest absolute Gasteiger partial charge is 0.448 e. The van der Waals surface area contributed by atoms with Gasteiger partial charge in [-0.2, -0.15) is 0 Å². The number of fused-ring (bicyclic) bond motifs is 1. The van der Waals surface area contributed by atoms with Crippen LogP contribution < -0.4 is 0 Å². The van der Waals surface area contributed by atoms with Crippen molar-refractivity contribution >= 4 is 55.0 Å². The Morgan fingerprint density at radius 3 is 2.17 bits per heavy atom. The highest BCUT2D eigenvalue weighted by molar-refractivity contribution is 8.77. The van der Waals surface area contributed by atoms with Crippen LogP contribution in [0.4, 0.5) is 0 Å². The van der Waals surface area contributed by atoms with Crippen molar-refractivity contribution in [2.45, 2.75) is 36.1 Å². The van der Waals surface area contributed by atoms with Gasteiger partial charge in [0.25, 0.3) is 0 Å². The van der Waals surface area contributed by atoms with Gasteiger partial charge in [0.2, 0.25) is 5.91 Å². The number of esters is 1. The molecule has 1 saturated heterocycles. The number of allylic oxidation sites excluding steroid dienone is 1. The second-order valence-electron chi connectivity index (χ2n) is 8.50. The Morgan fingerprint density at radius 1 is 0.972 bits per heavy atom. The van der Waals surface area contributed by atoms with E-state index in [0.717, 1.165) is 31.3 Å². The second-order valence-corrected chi connectivity index (χ2v) is 12.2. The van der Waals surface area contributed by atoms with E-state index in [9.17, 15) is 9.59 Å². The Balaban J connectivity index is 1.34. The predicted octanol–water partition coefficient (Wildman–Crippen LogP) is 7.22. The number of nitrogens with zero attached hydrogens (tertiary/aromatic N) is 2. The standard InChI is InChI=1S/C28H24N2O3S3/c1-18(2)25(27(32)33-26(19-11-5-3-6-12-19)20-13-7-4-8-14-20)30-23(31)17-24(30)35-36-28-29-21-15-9-10-16-22(21)34-28/h3-16,24,26H,17H2,1-2H3. The van der Waals surface area contributed by atoms with E-state index in [1.165, 1.54) is 10.8 Å². The van der Waals surface area contributed by atoms with Crippen LogP contribution in [-0.4, -0.2) is 27.1 Å². The van der Waals surface area contributed by atoms with E-state index in [1.54, 1.807) is 27.0 Å². The molecule has 0 bridgehead atoms. The summed E-state index contributed by atoms with van der Waals surface area (Å²) in [4.78, 5) is 32.5. The van der Waals surface area contributed by atoms with Gasteiger partial charge in [0, 0.05) is 0 Å². The van der Waals surface area contributed by atoms with Crippen molar-refractivity contribution in [1.82, 2.24) is 9.88 Å². The van der Waals surface area contributed by atoms with Crippen LogP contribution in [0.3, 0.4) is 0 Å². The van der Waals surface area contributed by atoms with Crippen LogP contribution in [-0.2, 0) is 14.3 Å². The highest BCUT2D eigenvalue weighted by atomic mass is 33.1. The molecule has 1 atom stereocenters. The molecule has 3 aromatic carbocycles. The number of rotatable bonds is 8. The minimum absolute atomic E-state index is 0.0819. The summed E-state index contributed by atoms with van der Waals surface area (Å²) in [5.41, 5.74) is 3.76. The topological polar surface area (TPSA) is 59.5 Å². The fraction of sp³-hybridized carbons (Fsp3) is 0.179. The quantitative estimate of drug-likeness (QED) is 0.103. The number of benzene rings is 3. The van der Waals surface area contributed by atoms with E-state index < -0.39 is 12.1 Å². The molecule has 0 radical (unpaired) electrons. The third-order valence-corrected chi connectivity index (χ3v) is 9.75. The summed E-state index contributed by atoms with van der Waals surface area (Å²) in [6.45, 7) is 3.68. The van der Waals surface area contributed by atoms with Crippen LogP contribution in [0.5, 0.6) is 0 Å². The lowest BCUT2D eigenvalue weighted by molar-refractivity contribution is -0.151. The summed E-state index contributed by atoms with van der Waals surface area (Å²) in [5.74, 6) is -0.585. The molecule has 8 heteroatoms. The number of para-hydroxylation sites is 1. The first-order chi connectivity index (χ1) is 17.5. The van der Waals surface area contributed by atoms with Gasteiger partial charge in [-0.1, -0.05) is 83.6 Å². The summed E-state index contributed by atoms with van der Waals surface area (Å²) < 4.78 is 8.14. The first-order valence-corrected chi connectivity index (χ1v) is 14.5. The van der Waals surface area contributed by atoms with Crippen molar-refractivity contribution in [3.8, 4) is 0 Å². The maximum Gasteiger partial charge on any atom is 0.355 e. The van der Waals surface area contributed by atoms with Gasteiger partial charge in [0.05, 0.1) is 16.6 Å². The number of β-lactam (4-membered cyclic amide) rings is 1. The molecule has 1 aromatic heterocycles. The molecule has 4 aromatic rings. The average Bonchev–Trinajstić information content (AvgIpc) is 3.31. The Labute approximate surface area is 222 Å². The average molecular weight is 533 g/mol. The summed E-state index contributed by atoms with van der Waals surface area (Å²) in [5, 5.41) is -0.168. The molecule has 1 unspecified atom stereocenters.